The molecule has 0 aromatic heterocycles. The summed E-state index contributed by atoms with van der Waals surface area (Å²) in [6, 6.07) is 21.1. The van der Waals surface area contributed by atoms with Gasteiger partial charge in [-0.25, -0.2) is 16.8 Å². The topological polar surface area (TPSA) is 149 Å². The fourth-order valence-electron chi connectivity index (χ4n) is 2.77. The maximum atomic E-state index is 12.1. The highest BCUT2D eigenvalue weighted by Crippen LogP contribution is 2.25. The van der Waals surface area contributed by atoms with Gasteiger partial charge in [-0.3, -0.25) is 0 Å². The zero-order valence-electron chi connectivity index (χ0n) is 18.2. The molecular weight excluding hydrogens is 551 g/mol. The van der Waals surface area contributed by atoms with Crippen LogP contribution in [0.25, 0.3) is 0 Å². The van der Waals surface area contributed by atoms with E-state index in [-0.39, 0.29) is 67.4 Å². The Hall–Kier alpha value is -3.44. The van der Waals surface area contributed by atoms with E-state index in [1.807, 2.05) is 0 Å². The number of aromatic hydroxyl groups is 4. The average Bonchev–Trinajstić information content (AvgIpc) is 2.81. The van der Waals surface area contributed by atoms with Crippen LogP contribution in [0.15, 0.2) is 117 Å². The Kier molecular flexibility index (Phi) is 10.6. The summed E-state index contributed by atoms with van der Waals surface area (Å²) in [5, 5.41) is 36.4. The van der Waals surface area contributed by atoms with Crippen LogP contribution in [-0.4, -0.2) is 37.3 Å². The third kappa shape index (κ3) is 7.28. The van der Waals surface area contributed by atoms with Gasteiger partial charge in [0.2, 0.25) is 19.7 Å². The third-order valence-corrected chi connectivity index (χ3v) is 8.16. The Balaban J connectivity index is 0.000000341. The van der Waals surface area contributed by atoms with Crippen molar-refractivity contribution < 1.29 is 62.1 Å². The van der Waals surface area contributed by atoms with E-state index in [1.54, 1.807) is 0 Å². The molecule has 0 atom stereocenters. The smallest absolute Gasteiger partial charge is 0.206 e. The fraction of sp³-hybridized carbons (Fsp3) is 0. The van der Waals surface area contributed by atoms with Crippen LogP contribution in [0, 0.1) is 0 Å². The van der Waals surface area contributed by atoms with Crippen molar-refractivity contribution in [1.82, 2.24) is 0 Å². The van der Waals surface area contributed by atoms with Crippen LogP contribution in [0.3, 0.4) is 0 Å². The average molecular weight is 571 g/mol. The molecule has 0 aliphatic carbocycles. The fourth-order valence-corrected chi connectivity index (χ4v) is 5.30. The van der Waals surface area contributed by atoms with Gasteiger partial charge in [-0.05, 0) is 97.1 Å². The summed E-state index contributed by atoms with van der Waals surface area (Å²) in [7, 11) is -7.19. The van der Waals surface area contributed by atoms with Crippen molar-refractivity contribution >= 4 is 19.7 Å². The summed E-state index contributed by atoms with van der Waals surface area (Å²) >= 11 is 0. The Bertz CT molecular complexity index is 1250. The van der Waals surface area contributed by atoms with Crippen LogP contribution in [0.1, 0.15) is 0 Å². The van der Waals surface area contributed by atoms with E-state index >= 15 is 0 Å². The molecule has 4 N–H and O–H groups in total. The van der Waals surface area contributed by atoms with Gasteiger partial charge >= 0.3 is 0 Å². The highest BCUT2D eigenvalue weighted by Gasteiger charge is 2.18. The van der Waals surface area contributed by atoms with Gasteiger partial charge in [0, 0.05) is 0 Å². The Labute approximate surface area is 220 Å². The summed E-state index contributed by atoms with van der Waals surface area (Å²) in [4.78, 5) is 0.393. The second-order valence-electron chi connectivity index (χ2n) is 6.98. The first-order valence-electron chi connectivity index (χ1n) is 9.66. The molecule has 0 saturated heterocycles. The Morgan fingerprint density at radius 3 is 0.611 bits per heavy atom. The van der Waals surface area contributed by atoms with E-state index in [0.717, 1.165) is 0 Å². The third-order valence-electron chi connectivity index (χ3n) is 4.59. The molecule has 0 radical (unpaired) electrons. The second-order valence-corrected chi connectivity index (χ2v) is 10.9. The first-order chi connectivity index (χ1) is 16.0. The van der Waals surface area contributed by atoms with Crippen LogP contribution in [0.2, 0.25) is 0 Å². The van der Waals surface area contributed by atoms with E-state index < -0.39 is 19.7 Å². The molecule has 0 aliphatic heterocycles. The number of halogens is 2. The monoisotopic (exact) mass is 570 g/mol. The first-order valence-corrected chi connectivity index (χ1v) is 12.6. The van der Waals surface area contributed by atoms with E-state index in [1.165, 1.54) is 97.1 Å². The molecule has 4 rings (SSSR count). The normalized spacial score (nSPS) is 10.7. The molecule has 4 aromatic rings. The van der Waals surface area contributed by atoms with Crippen LogP contribution in [-0.2, 0) is 19.7 Å². The molecule has 36 heavy (non-hydrogen) atoms. The number of phenols is 4. The minimum absolute atomic E-state index is 0. The lowest BCUT2D eigenvalue weighted by Crippen LogP contribution is -3.00. The zero-order valence-corrected chi connectivity index (χ0v) is 21.4. The van der Waals surface area contributed by atoms with E-state index in [2.05, 4.69) is 0 Å². The first kappa shape index (κ1) is 30.6. The Morgan fingerprint density at radius 1 is 0.333 bits per heavy atom. The van der Waals surface area contributed by atoms with Gasteiger partial charge < -0.3 is 45.2 Å². The summed E-state index contributed by atoms with van der Waals surface area (Å²) in [6.07, 6.45) is 0. The second kappa shape index (κ2) is 12.5. The molecule has 0 amide bonds. The minimum atomic E-state index is -3.59. The molecule has 192 valence electrons. The summed E-state index contributed by atoms with van der Waals surface area (Å²) in [6.45, 7) is 0. The maximum Gasteiger partial charge on any atom is 0.206 e. The Morgan fingerprint density at radius 2 is 0.472 bits per heavy atom. The standard InChI is InChI=1S/2C12H10O4S.2ClH/c2*13-9-1-5-11(6-2-9)17(15,16)12-7-3-10(14)4-8-12;;/h2*1-8,13-14H;2*1H/p-2. The minimum Gasteiger partial charge on any atom is -1.00 e. The number of hydrogen-bond donors (Lipinski definition) is 4. The quantitative estimate of drug-likeness (QED) is 0.217. The van der Waals surface area contributed by atoms with E-state index in [0.29, 0.717) is 0 Å². The summed E-state index contributed by atoms with van der Waals surface area (Å²) in [5.41, 5.74) is 0. The number of phenolic OH excluding ortho intramolecular Hbond substituents is 4. The summed E-state index contributed by atoms with van der Waals surface area (Å²) in [5.74, 6) is 0.0358. The highest BCUT2D eigenvalue weighted by molar-refractivity contribution is 7.91. The lowest BCUT2D eigenvalue weighted by Gasteiger charge is -2.04. The molecule has 0 heterocycles. The van der Waals surface area contributed by atoms with Gasteiger partial charge in [-0.1, -0.05) is 0 Å². The van der Waals surface area contributed by atoms with Crippen LogP contribution >= 0.6 is 0 Å². The molecule has 0 saturated carbocycles. The van der Waals surface area contributed by atoms with Crippen molar-refractivity contribution in [3.63, 3.8) is 0 Å². The molecule has 4 aromatic carbocycles. The molecular formula is C24H20Cl2O8S2-2. The predicted molar refractivity (Wildman–Crippen MR) is 123 cm³/mol. The van der Waals surface area contributed by atoms with E-state index in [4.69, 9.17) is 20.4 Å². The van der Waals surface area contributed by atoms with Crippen LogP contribution in [0.5, 0.6) is 23.0 Å². The van der Waals surface area contributed by atoms with Gasteiger partial charge in [0.25, 0.3) is 0 Å². The number of hydrogen-bond acceptors (Lipinski definition) is 8. The lowest BCUT2D eigenvalue weighted by atomic mass is 10.3. The largest absolute Gasteiger partial charge is 1.00 e. The van der Waals surface area contributed by atoms with E-state index in [9.17, 15) is 16.8 Å². The van der Waals surface area contributed by atoms with Gasteiger partial charge in [-0.2, -0.15) is 0 Å². The van der Waals surface area contributed by atoms with Gasteiger partial charge in [-0.15, -0.1) is 0 Å². The molecule has 0 aliphatic rings. The molecule has 12 heteroatoms. The maximum absolute atomic E-state index is 12.1. The van der Waals surface area contributed by atoms with Gasteiger partial charge in [0.1, 0.15) is 23.0 Å². The van der Waals surface area contributed by atoms with Crippen molar-refractivity contribution in [3.05, 3.63) is 97.1 Å². The molecule has 0 spiro atoms. The predicted octanol–water partition coefficient (Wildman–Crippen LogP) is -2.13. The zero-order chi connectivity index (χ0) is 24.9. The highest BCUT2D eigenvalue weighted by atomic mass is 35.5. The molecule has 8 nitrogen and oxygen atoms in total. The van der Waals surface area contributed by atoms with Crippen molar-refractivity contribution in [1.29, 1.82) is 0 Å². The SMILES string of the molecule is O=S(=O)(c1ccc(O)cc1)c1ccc(O)cc1.O=S(=O)(c1ccc(O)cc1)c1ccc(O)cc1.[Cl-].[Cl-]. The number of benzene rings is 4. The van der Waals surface area contributed by atoms with Crippen LogP contribution in [0.4, 0.5) is 0 Å². The van der Waals surface area contributed by atoms with Gasteiger partial charge in [0.05, 0.1) is 19.6 Å². The van der Waals surface area contributed by atoms with Crippen LogP contribution < -0.4 is 24.8 Å². The summed E-state index contributed by atoms with van der Waals surface area (Å²) < 4.78 is 48.4. The van der Waals surface area contributed by atoms with Gasteiger partial charge in [0.15, 0.2) is 0 Å². The lowest BCUT2D eigenvalue weighted by molar-refractivity contribution is -0.001000. The van der Waals surface area contributed by atoms with Crippen molar-refractivity contribution in [2.45, 2.75) is 19.6 Å². The molecule has 0 fully saturated rings. The van der Waals surface area contributed by atoms with Crippen molar-refractivity contribution in [2.24, 2.45) is 0 Å². The molecule has 0 bridgehead atoms. The van der Waals surface area contributed by atoms with Crippen molar-refractivity contribution in [3.8, 4) is 23.0 Å². The molecule has 0 unspecified atom stereocenters. The number of sulfone groups is 2. The number of rotatable bonds is 4. The van der Waals surface area contributed by atoms with Crippen molar-refractivity contribution in [2.75, 3.05) is 0 Å².